The molecule has 0 aliphatic carbocycles. The van der Waals surface area contributed by atoms with Gasteiger partial charge in [0.2, 0.25) is 5.91 Å². The Balaban J connectivity index is 3.70. The molecule has 1 aliphatic rings. The number of hydrogen-bond donors (Lipinski definition) is 5. The van der Waals surface area contributed by atoms with E-state index in [9.17, 15) is 29.1 Å². The molecule has 0 bridgehead atoms. The topological polar surface area (TPSA) is 216 Å². The number of halogens is 2. The van der Waals surface area contributed by atoms with Crippen LogP contribution >= 0.6 is 0 Å². The molecular formula is C18H26F2N4O10. The van der Waals surface area contributed by atoms with E-state index in [2.05, 4.69) is 5.32 Å². The molecule has 1 fully saturated rings. The summed E-state index contributed by atoms with van der Waals surface area (Å²) in [6.45, 7) is 3.04. The van der Waals surface area contributed by atoms with E-state index in [1.54, 1.807) is 0 Å². The summed E-state index contributed by atoms with van der Waals surface area (Å²) in [5.74, 6) is -11.2. The van der Waals surface area contributed by atoms with E-state index in [1.807, 2.05) is 5.32 Å². The molecule has 0 aromatic carbocycles. The zero-order valence-electron chi connectivity index (χ0n) is 18.6. The molecule has 1 rings (SSSR count). The molecule has 34 heavy (non-hydrogen) atoms. The Kier molecular flexibility index (Phi) is 9.66. The van der Waals surface area contributed by atoms with Crippen LogP contribution in [0.25, 0.3) is 0 Å². The molecule has 1 saturated heterocycles. The lowest BCUT2D eigenvalue weighted by molar-refractivity contribution is -0.280. The van der Waals surface area contributed by atoms with Crippen LogP contribution in [0, 0.1) is 5.41 Å². The fourth-order valence-corrected chi connectivity index (χ4v) is 3.30. The third-order valence-corrected chi connectivity index (χ3v) is 4.46. The van der Waals surface area contributed by atoms with Crippen molar-refractivity contribution >= 4 is 35.7 Å². The fraction of sp³-hybridized carbons (Fsp3) is 0.667. The molecule has 1 aliphatic heterocycles. The normalized spacial score (nSPS) is 27.9. The predicted octanol–water partition coefficient (Wildman–Crippen LogP) is -1.74. The lowest BCUT2D eigenvalue weighted by Gasteiger charge is -2.48. The van der Waals surface area contributed by atoms with Gasteiger partial charge in [-0.05, 0) is 0 Å². The number of carbonyl (C=O) groups is 5. The number of nitrogens with two attached hydrogens (primary N) is 1. The number of ether oxygens (including phenoxy) is 4. The van der Waals surface area contributed by atoms with Crippen LogP contribution in [0.5, 0.6) is 0 Å². The smallest absolute Gasteiger partial charge is 0.372 e. The number of carboxylic acid groups (broad SMARTS) is 1. The number of aliphatic carboxylic acids is 1. The van der Waals surface area contributed by atoms with Gasteiger partial charge >= 0.3 is 29.7 Å². The average Bonchev–Trinajstić information content (AvgIpc) is 2.67. The first-order chi connectivity index (χ1) is 15.6. The van der Waals surface area contributed by atoms with Gasteiger partial charge in [-0.3, -0.25) is 24.6 Å². The van der Waals surface area contributed by atoms with Crippen molar-refractivity contribution in [1.82, 2.24) is 10.6 Å². The van der Waals surface area contributed by atoms with Gasteiger partial charge in [-0.1, -0.05) is 0 Å². The Hall–Kier alpha value is -3.56. The van der Waals surface area contributed by atoms with E-state index >= 15 is 8.78 Å². The van der Waals surface area contributed by atoms with Crippen LogP contribution < -0.4 is 16.4 Å². The van der Waals surface area contributed by atoms with Gasteiger partial charge in [0.25, 0.3) is 0 Å². The molecule has 4 unspecified atom stereocenters. The number of nitrogens with one attached hydrogen (secondary N) is 3. The van der Waals surface area contributed by atoms with Crippen LogP contribution in [0.2, 0.25) is 0 Å². The number of carboxylic acids is 1. The lowest BCUT2D eigenvalue weighted by Crippen LogP contribution is -2.75. The second kappa shape index (κ2) is 11.5. The Labute approximate surface area is 191 Å². The number of esters is 3. The lowest BCUT2D eigenvalue weighted by atomic mass is 9.85. The highest BCUT2D eigenvalue weighted by molar-refractivity contribution is 5.79. The molecule has 14 nitrogen and oxygen atoms in total. The van der Waals surface area contributed by atoms with E-state index < -0.39 is 84.8 Å². The summed E-state index contributed by atoms with van der Waals surface area (Å²) in [7, 11) is 0. The molecule has 16 heteroatoms. The van der Waals surface area contributed by atoms with Crippen molar-refractivity contribution in [3.63, 3.8) is 0 Å². The summed E-state index contributed by atoms with van der Waals surface area (Å²) in [4.78, 5) is 58.1. The first kappa shape index (κ1) is 28.5. The van der Waals surface area contributed by atoms with Gasteiger partial charge in [0.1, 0.15) is 12.7 Å². The minimum Gasteiger partial charge on any atom is -0.477 e. The van der Waals surface area contributed by atoms with Crippen LogP contribution in [0.3, 0.4) is 0 Å². The number of guanidine groups is 1. The molecule has 0 aromatic rings. The maximum absolute atomic E-state index is 15.3. The number of rotatable bonds is 9. The van der Waals surface area contributed by atoms with E-state index in [4.69, 9.17) is 30.1 Å². The second-order valence-corrected chi connectivity index (χ2v) is 7.27. The molecule has 6 N–H and O–H groups in total. The summed E-state index contributed by atoms with van der Waals surface area (Å²) < 4.78 is 50.1. The van der Waals surface area contributed by atoms with Crippen molar-refractivity contribution in [3.05, 3.63) is 0 Å². The summed E-state index contributed by atoms with van der Waals surface area (Å²) in [5, 5.41) is 20.9. The van der Waals surface area contributed by atoms with Crippen LogP contribution in [0.15, 0.2) is 0 Å². The van der Waals surface area contributed by atoms with Crippen LogP contribution in [-0.4, -0.2) is 89.9 Å². The summed E-state index contributed by atoms with van der Waals surface area (Å²) in [5.41, 5.74) is 5.22. The fourth-order valence-electron chi connectivity index (χ4n) is 3.30. The van der Waals surface area contributed by atoms with Crippen molar-refractivity contribution in [3.8, 4) is 0 Å². The highest BCUT2D eigenvalue weighted by atomic mass is 19.2. The van der Waals surface area contributed by atoms with Crippen molar-refractivity contribution < 1.29 is 56.8 Å². The van der Waals surface area contributed by atoms with Crippen molar-refractivity contribution in [2.45, 2.75) is 70.1 Å². The highest BCUT2D eigenvalue weighted by Crippen LogP contribution is 2.37. The van der Waals surface area contributed by atoms with Gasteiger partial charge < -0.3 is 40.4 Å². The molecular weight excluding hydrogens is 470 g/mol. The molecule has 0 saturated carbocycles. The van der Waals surface area contributed by atoms with Crippen LogP contribution in [0.4, 0.5) is 8.78 Å². The van der Waals surface area contributed by atoms with E-state index in [1.165, 1.54) is 0 Å². The zero-order chi connectivity index (χ0) is 26.4. The number of alkyl halides is 2. The monoisotopic (exact) mass is 496 g/mol. The molecule has 0 spiro atoms. The second-order valence-electron chi connectivity index (χ2n) is 7.27. The maximum atomic E-state index is 15.3. The van der Waals surface area contributed by atoms with Crippen molar-refractivity contribution in [2.75, 3.05) is 6.61 Å². The third kappa shape index (κ3) is 7.23. The SMILES string of the molecule is CC(=O)NC1C(NC(=N)N)C(F)[C@](F)(C(=O)O)OC1[C@H](OC(C)=O)[C@@H](COC(C)=O)OC(C)=O. The highest BCUT2D eigenvalue weighted by Gasteiger charge is 2.64. The predicted molar refractivity (Wildman–Crippen MR) is 105 cm³/mol. The zero-order valence-corrected chi connectivity index (χ0v) is 18.6. The van der Waals surface area contributed by atoms with Gasteiger partial charge in [-0.25, -0.2) is 9.18 Å². The van der Waals surface area contributed by atoms with Gasteiger partial charge in [-0.15, -0.1) is 0 Å². The standard InChI is InChI=1S/C18H26F2N4O10/c1-6(25)23-11-12(24-17(21)22)15(19)18(20,16(29)30)34-14(11)13(33-9(4)28)10(32-8(3)27)5-31-7(2)26/h10-15H,5H2,1-4H3,(H,23,25)(H,29,30)(H4,21,22,24)/t10-,11?,12?,13-,14?,15?,18-/m1/s1. The largest absolute Gasteiger partial charge is 0.477 e. The van der Waals surface area contributed by atoms with Gasteiger partial charge in [0, 0.05) is 27.7 Å². The Morgan fingerprint density at radius 3 is 2.03 bits per heavy atom. The summed E-state index contributed by atoms with van der Waals surface area (Å²) in [6, 6.07) is -3.77. The van der Waals surface area contributed by atoms with Crippen molar-refractivity contribution in [1.29, 1.82) is 5.41 Å². The minimum absolute atomic E-state index is 0.768. The Morgan fingerprint density at radius 2 is 1.62 bits per heavy atom. The van der Waals surface area contributed by atoms with Gasteiger partial charge in [0.15, 0.2) is 24.3 Å². The molecule has 7 atom stereocenters. The molecule has 1 heterocycles. The summed E-state index contributed by atoms with van der Waals surface area (Å²) in [6.07, 6.45) is -8.74. The first-order valence-corrected chi connectivity index (χ1v) is 9.69. The maximum Gasteiger partial charge on any atom is 0.372 e. The quantitative estimate of drug-likeness (QED) is 0.104. The molecule has 192 valence electrons. The molecule has 0 radical (unpaired) electrons. The van der Waals surface area contributed by atoms with E-state index in [-0.39, 0.29) is 0 Å². The van der Waals surface area contributed by atoms with E-state index in [0.29, 0.717) is 0 Å². The Morgan fingerprint density at radius 1 is 1.06 bits per heavy atom. The average molecular weight is 496 g/mol. The minimum atomic E-state index is -4.09. The number of carbonyl (C=O) groups excluding carboxylic acids is 4. The van der Waals surface area contributed by atoms with Gasteiger partial charge in [0.05, 0.1) is 12.1 Å². The Bertz CT molecular complexity index is 844. The van der Waals surface area contributed by atoms with Crippen LogP contribution in [-0.2, 0) is 42.9 Å². The van der Waals surface area contributed by atoms with Crippen molar-refractivity contribution in [2.24, 2.45) is 5.73 Å². The van der Waals surface area contributed by atoms with Crippen LogP contribution in [0.1, 0.15) is 27.7 Å². The summed E-state index contributed by atoms with van der Waals surface area (Å²) >= 11 is 0. The van der Waals surface area contributed by atoms with Gasteiger partial charge in [-0.2, -0.15) is 4.39 Å². The molecule has 0 aromatic heterocycles. The number of amides is 1. The first-order valence-electron chi connectivity index (χ1n) is 9.69. The van der Waals surface area contributed by atoms with E-state index in [0.717, 1.165) is 27.7 Å². The third-order valence-electron chi connectivity index (χ3n) is 4.46. The molecule has 1 amide bonds. The number of hydrogen-bond acceptors (Lipinski definition) is 10.